The predicted octanol–water partition coefficient (Wildman–Crippen LogP) is 4.53. The molecule has 3 rings (SSSR count). The summed E-state index contributed by atoms with van der Waals surface area (Å²) in [5.41, 5.74) is 2.16. The number of hydrogen-bond acceptors (Lipinski definition) is 5. The van der Waals surface area contributed by atoms with Crippen LogP contribution < -0.4 is 14.4 Å². The third-order valence-electron chi connectivity index (χ3n) is 6.57. The van der Waals surface area contributed by atoms with Gasteiger partial charge in [-0.1, -0.05) is 55.8 Å². The summed E-state index contributed by atoms with van der Waals surface area (Å²) in [5.74, 6) is -0.222. The van der Waals surface area contributed by atoms with Crippen LogP contribution in [0.15, 0.2) is 83.8 Å². The van der Waals surface area contributed by atoms with Gasteiger partial charge < -0.3 is 15.0 Å². The standard InChI is InChI=1S/C30H37N3O5S/c1-5-6-20-31-30(35)24(3)32(21-25-13-11-10-12-23(25)2)29(34)22-33(26-16-18-27(38-4)19-17-26)39(36,37)28-14-8-7-9-15-28/h7-19,24H,5-6,20-22H2,1-4H3,(H,31,35)/t24-/m0/s1. The fourth-order valence-electron chi connectivity index (χ4n) is 4.09. The molecule has 0 bridgehead atoms. The lowest BCUT2D eigenvalue weighted by Gasteiger charge is -2.32. The minimum Gasteiger partial charge on any atom is -0.497 e. The fraction of sp³-hybridized carbons (Fsp3) is 0.333. The highest BCUT2D eigenvalue weighted by atomic mass is 32.2. The first-order valence-corrected chi connectivity index (χ1v) is 14.5. The van der Waals surface area contributed by atoms with Crippen LogP contribution in [0.3, 0.4) is 0 Å². The minimum atomic E-state index is -4.10. The first kappa shape index (κ1) is 29.7. The molecule has 0 radical (unpaired) electrons. The Morgan fingerprint density at radius 1 is 0.949 bits per heavy atom. The maximum absolute atomic E-state index is 13.9. The maximum Gasteiger partial charge on any atom is 0.264 e. The molecule has 0 saturated heterocycles. The van der Waals surface area contributed by atoms with E-state index in [0.717, 1.165) is 28.3 Å². The predicted molar refractivity (Wildman–Crippen MR) is 153 cm³/mol. The number of unbranched alkanes of at least 4 members (excludes halogenated alkanes) is 1. The first-order valence-electron chi connectivity index (χ1n) is 13.0. The summed E-state index contributed by atoms with van der Waals surface area (Å²) in [7, 11) is -2.58. The molecule has 9 heteroatoms. The molecule has 39 heavy (non-hydrogen) atoms. The van der Waals surface area contributed by atoms with Gasteiger partial charge in [-0.3, -0.25) is 13.9 Å². The highest BCUT2D eigenvalue weighted by Gasteiger charge is 2.32. The molecule has 2 amide bonds. The average Bonchev–Trinajstić information content (AvgIpc) is 2.95. The molecule has 3 aromatic carbocycles. The summed E-state index contributed by atoms with van der Waals surface area (Å²) in [5, 5.41) is 2.89. The van der Waals surface area contributed by atoms with Crippen LogP contribution in [-0.2, 0) is 26.2 Å². The van der Waals surface area contributed by atoms with Crippen LogP contribution in [0.4, 0.5) is 5.69 Å². The Hall–Kier alpha value is -3.85. The minimum absolute atomic E-state index is 0.0597. The number of ether oxygens (including phenoxy) is 1. The SMILES string of the molecule is CCCCNC(=O)[C@H](C)N(Cc1ccccc1C)C(=O)CN(c1ccc(OC)cc1)S(=O)(=O)c1ccccc1. The Kier molecular flexibility index (Phi) is 10.5. The second kappa shape index (κ2) is 13.8. The number of aryl methyl sites for hydroxylation is 1. The molecule has 0 spiro atoms. The second-order valence-corrected chi connectivity index (χ2v) is 11.2. The van der Waals surface area contributed by atoms with Gasteiger partial charge in [0.1, 0.15) is 18.3 Å². The van der Waals surface area contributed by atoms with Crippen molar-refractivity contribution in [1.29, 1.82) is 0 Å². The van der Waals surface area contributed by atoms with Crippen molar-refractivity contribution in [2.45, 2.75) is 51.1 Å². The van der Waals surface area contributed by atoms with Crippen LogP contribution in [0.2, 0.25) is 0 Å². The number of nitrogens with zero attached hydrogens (tertiary/aromatic N) is 2. The van der Waals surface area contributed by atoms with Crippen molar-refractivity contribution in [3.05, 3.63) is 90.0 Å². The lowest BCUT2D eigenvalue weighted by Crippen LogP contribution is -2.51. The summed E-state index contributed by atoms with van der Waals surface area (Å²) >= 11 is 0. The number of amides is 2. The largest absolute Gasteiger partial charge is 0.497 e. The topological polar surface area (TPSA) is 96.0 Å². The number of hydrogen-bond donors (Lipinski definition) is 1. The molecular formula is C30H37N3O5S. The molecule has 0 saturated carbocycles. The monoisotopic (exact) mass is 551 g/mol. The van der Waals surface area contributed by atoms with Gasteiger partial charge in [0.05, 0.1) is 17.7 Å². The van der Waals surface area contributed by atoms with Crippen LogP contribution in [0.1, 0.15) is 37.8 Å². The molecule has 0 aliphatic rings. The van der Waals surface area contributed by atoms with Gasteiger partial charge in [0.2, 0.25) is 11.8 Å². The fourth-order valence-corrected chi connectivity index (χ4v) is 5.52. The summed E-state index contributed by atoms with van der Waals surface area (Å²) < 4.78 is 33.9. The second-order valence-electron chi connectivity index (χ2n) is 9.29. The summed E-state index contributed by atoms with van der Waals surface area (Å²) in [6, 6.07) is 21.3. The molecule has 0 heterocycles. The molecule has 3 aromatic rings. The zero-order valence-corrected chi connectivity index (χ0v) is 23.8. The van der Waals surface area contributed by atoms with Crippen molar-refractivity contribution in [3.63, 3.8) is 0 Å². The van der Waals surface area contributed by atoms with E-state index < -0.39 is 28.5 Å². The average molecular weight is 552 g/mol. The van der Waals surface area contributed by atoms with E-state index in [1.165, 1.54) is 24.1 Å². The number of methoxy groups -OCH3 is 1. The molecule has 1 N–H and O–H groups in total. The van der Waals surface area contributed by atoms with Gasteiger partial charge in [0.15, 0.2) is 0 Å². The van der Waals surface area contributed by atoms with E-state index in [4.69, 9.17) is 4.74 Å². The van der Waals surface area contributed by atoms with Crippen LogP contribution in [-0.4, -0.2) is 51.4 Å². The van der Waals surface area contributed by atoms with Crippen LogP contribution in [0.25, 0.3) is 0 Å². The summed E-state index contributed by atoms with van der Waals surface area (Å²) in [6.07, 6.45) is 1.75. The van der Waals surface area contributed by atoms with Gasteiger partial charge >= 0.3 is 0 Å². The molecule has 0 aromatic heterocycles. The van der Waals surface area contributed by atoms with E-state index in [1.807, 2.05) is 38.1 Å². The van der Waals surface area contributed by atoms with Crippen molar-refractivity contribution in [2.75, 3.05) is 24.5 Å². The smallest absolute Gasteiger partial charge is 0.264 e. The number of sulfonamides is 1. The Labute approximate surface area is 231 Å². The number of rotatable bonds is 13. The number of benzene rings is 3. The highest BCUT2D eigenvalue weighted by Crippen LogP contribution is 2.26. The summed E-state index contributed by atoms with van der Waals surface area (Å²) in [4.78, 5) is 28.5. The molecule has 0 aliphatic heterocycles. The van der Waals surface area contributed by atoms with E-state index in [9.17, 15) is 18.0 Å². The molecule has 8 nitrogen and oxygen atoms in total. The molecule has 1 atom stereocenters. The molecule has 0 unspecified atom stereocenters. The maximum atomic E-state index is 13.9. The lowest BCUT2D eigenvalue weighted by molar-refractivity contribution is -0.139. The van der Waals surface area contributed by atoms with Crippen molar-refractivity contribution in [2.24, 2.45) is 0 Å². The van der Waals surface area contributed by atoms with Crippen molar-refractivity contribution in [3.8, 4) is 5.75 Å². The Balaban J connectivity index is 2.00. The zero-order valence-electron chi connectivity index (χ0n) is 23.0. The van der Waals surface area contributed by atoms with E-state index >= 15 is 0 Å². The lowest BCUT2D eigenvalue weighted by atomic mass is 10.1. The zero-order chi connectivity index (χ0) is 28.4. The molecule has 0 fully saturated rings. The van der Waals surface area contributed by atoms with Gasteiger partial charge in [-0.2, -0.15) is 0 Å². The van der Waals surface area contributed by atoms with Crippen molar-refractivity contribution < 1.29 is 22.7 Å². The Bertz CT molecular complexity index is 1340. The summed E-state index contributed by atoms with van der Waals surface area (Å²) in [6.45, 7) is 5.82. The molecule has 0 aliphatic carbocycles. The van der Waals surface area contributed by atoms with Crippen molar-refractivity contribution in [1.82, 2.24) is 10.2 Å². The van der Waals surface area contributed by atoms with Gasteiger partial charge in [0.25, 0.3) is 10.0 Å². The van der Waals surface area contributed by atoms with Gasteiger partial charge in [-0.25, -0.2) is 8.42 Å². The van der Waals surface area contributed by atoms with Gasteiger partial charge in [0, 0.05) is 13.1 Å². The highest BCUT2D eigenvalue weighted by molar-refractivity contribution is 7.92. The number of carbonyl (C=O) groups excluding carboxylic acids is 2. The third-order valence-corrected chi connectivity index (χ3v) is 8.36. The number of anilines is 1. The van der Waals surface area contributed by atoms with E-state index in [-0.39, 0.29) is 17.3 Å². The molecular weight excluding hydrogens is 514 g/mol. The van der Waals surface area contributed by atoms with Crippen LogP contribution in [0, 0.1) is 6.92 Å². The van der Waals surface area contributed by atoms with Gasteiger partial charge in [-0.15, -0.1) is 0 Å². The van der Waals surface area contributed by atoms with E-state index in [0.29, 0.717) is 18.0 Å². The molecule has 208 valence electrons. The number of carbonyl (C=O) groups is 2. The van der Waals surface area contributed by atoms with E-state index in [2.05, 4.69) is 5.32 Å². The van der Waals surface area contributed by atoms with Gasteiger partial charge in [-0.05, 0) is 67.8 Å². The Morgan fingerprint density at radius 2 is 1.59 bits per heavy atom. The van der Waals surface area contributed by atoms with Crippen LogP contribution in [0.5, 0.6) is 5.75 Å². The third kappa shape index (κ3) is 7.60. The first-order chi connectivity index (χ1) is 18.7. The van der Waals surface area contributed by atoms with Crippen LogP contribution >= 0.6 is 0 Å². The Morgan fingerprint density at radius 3 is 2.21 bits per heavy atom. The number of nitrogens with one attached hydrogen (secondary N) is 1. The van der Waals surface area contributed by atoms with Crippen molar-refractivity contribution >= 4 is 27.5 Å². The van der Waals surface area contributed by atoms with E-state index in [1.54, 1.807) is 49.4 Å². The quantitative estimate of drug-likeness (QED) is 0.315. The normalized spacial score (nSPS) is 11.9.